The zero-order valence-corrected chi connectivity index (χ0v) is 21.4. The van der Waals surface area contributed by atoms with Crippen LogP contribution in [0.2, 0.25) is 10.0 Å². The third kappa shape index (κ3) is 4.89. The molecule has 0 amide bonds. The van der Waals surface area contributed by atoms with Gasteiger partial charge < -0.3 is 13.7 Å². The summed E-state index contributed by atoms with van der Waals surface area (Å²) in [4.78, 5) is 17.8. The standard InChI is InChI=1S/C28H19Cl2F3N2O3/c1-2-37-19-10-11-22-20(13-19)24(25(36)23-14-34-27(38-23)16-6-4-3-5-7-16)26(28(31,32)33)35(22)15-17-8-9-18(29)12-21(17)30/h3-14H,2,15H2,1H3. The maximum atomic E-state index is 14.7. The normalized spacial score (nSPS) is 11.7. The van der Waals surface area contributed by atoms with Crippen LogP contribution in [0.5, 0.6) is 5.75 Å². The van der Waals surface area contributed by atoms with Crippen LogP contribution in [0.15, 0.2) is 77.3 Å². The summed E-state index contributed by atoms with van der Waals surface area (Å²) in [5.74, 6) is -0.826. The lowest BCUT2D eigenvalue weighted by Gasteiger charge is -2.15. The van der Waals surface area contributed by atoms with Crippen LogP contribution < -0.4 is 4.74 Å². The Labute approximate surface area is 225 Å². The molecule has 5 aromatic rings. The maximum Gasteiger partial charge on any atom is 0.432 e. The van der Waals surface area contributed by atoms with Gasteiger partial charge in [-0.2, -0.15) is 13.2 Å². The van der Waals surface area contributed by atoms with E-state index < -0.39 is 23.2 Å². The highest BCUT2D eigenvalue weighted by atomic mass is 35.5. The van der Waals surface area contributed by atoms with E-state index in [0.717, 1.165) is 10.8 Å². The average Bonchev–Trinajstić information content (AvgIpc) is 3.49. The Morgan fingerprint density at radius 3 is 2.50 bits per heavy atom. The summed E-state index contributed by atoms with van der Waals surface area (Å²) >= 11 is 12.3. The third-order valence-electron chi connectivity index (χ3n) is 5.94. The minimum atomic E-state index is -4.89. The summed E-state index contributed by atoms with van der Waals surface area (Å²) in [5.41, 5.74) is -0.527. The highest BCUT2D eigenvalue weighted by molar-refractivity contribution is 6.35. The van der Waals surface area contributed by atoms with Crippen LogP contribution in [0.4, 0.5) is 13.2 Å². The first kappa shape index (κ1) is 25.9. The fourth-order valence-electron chi connectivity index (χ4n) is 4.32. The summed E-state index contributed by atoms with van der Waals surface area (Å²) in [5, 5.41) is 0.619. The molecule has 10 heteroatoms. The average molecular weight is 559 g/mol. The topological polar surface area (TPSA) is 57.3 Å². The van der Waals surface area contributed by atoms with Crippen LogP contribution in [0.1, 0.15) is 34.3 Å². The second kappa shape index (κ2) is 10.2. The van der Waals surface area contributed by atoms with Gasteiger partial charge in [0.25, 0.3) is 0 Å². The molecule has 5 nitrogen and oxygen atoms in total. The Bertz CT molecular complexity index is 1640. The number of carbonyl (C=O) groups is 1. The van der Waals surface area contributed by atoms with Crippen molar-refractivity contribution in [1.82, 2.24) is 9.55 Å². The molecule has 0 unspecified atom stereocenters. The van der Waals surface area contributed by atoms with Crippen LogP contribution in [-0.4, -0.2) is 21.9 Å². The number of aromatic nitrogens is 2. The molecule has 0 aliphatic rings. The molecule has 0 N–H and O–H groups in total. The molecule has 194 valence electrons. The highest BCUT2D eigenvalue weighted by Gasteiger charge is 2.42. The van der Waals surface area contributed by atoms with Gasteiger partial charge in [0.2, 0.25) is 11.7 Å². The van der Waals surface area contributed by atoms with Gasteiger partial charge in [0.15, 0.2) is 5.76 Å². The molecule has 0 radical (unpaired) electrons. The lowest BCUT2D eigenvalue weighted by molar-refractivity contribution is -0.143. The van der Waals surface area contributed by atoms with Gasteiger partial charge in [-0.15, -0.1) is 0 Å². The number of fused-ring (bicyclic) bond motifs is 1. The Hall–Kier alpha value is -3.75. The number of hydrogen-bond acceptors (Lipinski definition) is 4. The quantitative estimate of drug-likeness (QED) is 0.188. The largest absolute Gasteiger partial charge is 0.494 e. The summed E-state index contributed by atoms with van der Waals surface area (Å²) in [7, 11) is 0. The number of halogens is 5. The van der Waals surface area contributed by atoms with Crippen molar-refractivity contribution >= 4 is 39.9 Å². The minimum Gasteiger partial charge on any atom is -0.494 e. The first-order valence-electron chi connectivity index (χ1n) is 11.5. The van der Waals surface area contributed by atoms with Crippen molar-refractivity contribution in [1.29, 1.82) is 0 Å². The number of oxazole rings is 1. The van der Waals surface area contributed by atoms with E-state index in [1.54, 1.807) is 55.5 Å². The number of ether oxygens (including phenoxy) is 1. The molecule has 2 heterocycles. The van der Waals surface area contributed by atoms with Gasteiger partial charge in [-0.3, -0.25) is 4.79 Å². The lowest BCUT2D eigenvalue weighted by Crippen LogP contribution is -2.18. The highest BCUT2D eigenvalue weighted by Crippen LogP contribution is 2.41. The fraction of sp³-hybridized carbons (Fsp3) is 0.143. The van der Waals surface area contributed by atoms with E-state index >= 15 is 0 Å². The Kier molecular flexibility index (Phi) is 6.94. The first-order chi connectivity index (χ1) is 18.2. The summed E-state index contributed by atoms with van der Waals surface area (Å²) in [6.45, 7) is 1.80. The van der Waals surface area contributed by atoms with Gasteiger partial charge >= 0.3 is 6.18 Å². The summed E-state index contributed by atoms with van der Waals surface area (Å²) in [6.07, 6.45) is -3.76. The van der Waals surface area contributed by atoms with Crippen LogP contribution in [-0.2, 0) is 12.7 Å². The van der Waals surface area contributed by atoms with E-state index in [4.69, 9.17) is 32.4 Å². The summed E-state index contributed by atoms with van der Waals surface area (Å²) in [6, 6.07) is 17.8. The molecule has 38 heavy (non-hydrogen) atoms. The smallest absolute Gasteiger partial charge is 0.432 e. The second-order valence-electron chi connectivity index (χ2n) is 8.38. The number of rotatable bonds is 7. The van der Waals surface area contributed by atoms with Gasteiger partial charge in [-0.25, -0.2) is 4.98 Å². The van der Waals surface area contributed by atoms with Crippen molar-refractivity contribution in [3.63, 3.8) is 0 Å². The predicted molar refractivity (Wildman–Crippen MR) is 139 cm³/mol. The molecule has 0 saturated heterocycles. The van der Waals surface area contributed by atoms with Crippen LogP contribution in [0.25, 0.3) is 22.4 Å². The first-order valence-corrected chi connectivity index (χ1v) is 12.3. The Morgan fingerprint density at radius 2 is 1.82 bits per heavy atom. The van der Waals surface area contributed by atoms with Gasteiger partial charge in [-0.05, 0) is 55.0 Å². The number of hydrogen-bond donors (Lipinski definition) is 0. The SMILES string of the molecule is CCOc1ccc2c(c1)c(C(=O)c1cnc(-c3ccccc3)o1)c(C(F)(F)F)n2Cc1ccc(Cl)cc1Cl. The van der Waals surface area contributed by atoms with Crippen LogP contribution >= 0.6 is 23.2 Å². The summed E-state index contributed by atoms with van der Waals surface area (Å²) < 4.78 is 56.3. The molecule has 0 aliphatic carbocycles. The van der Waals surface area contributed by atoms with Crippen molar-refractivity contribution in [2.24, 2.45) is 0 Å². The van der Waals surface area contributed by atoms with Crippen molar-refractivity contribution in [2.75, 3.05) is 6.61 Å². The predicted octanol–water partition coefficient (Wildman–Crippen LogP) is 8.30. The van der Waals surface area contributed by atoms with E-state index in [0.29, 0.717) is 28.5 Å². The van der Waals surface area contributed by atoms with Crippen molar-refractivity contribution < 1.29 is 27.1 Å². The van der Waals surface area contributed by atoms with Crippen molar-refractivity contribution in [2.45, 2.75) is 19.6 Å². The maximum absolute atomic E-state index is 14.7. The van der Waals surface area contributed by atoms with Gasteiger partial charge in [0.1, 0.15) is 11.4 Å². The van der Waals surface area contributed by atoms with Gasteiger partial charge in [0.05, 0.1) is 18.4 Å². The number of alkyl halides is 3. The molecule has 0 bridgehead atoms. The lowest BCUT2D eigenvalue weighted by atomic mass is 10.0. The van der Waals surface area contributed by atoms with E-state index in [2.05, 4.69) is 4.98 Å². The van der Waals surface area contributed by atoms with Gasteiger partial charge in [0, 0.05) is 33.1 Å². The van der Waals surface area contributed by atoms with Gasteiger partial charge in [-0.1, -0.05) is 47.5 Å². The molecular formula is C28H19Cl2F3N2O3. The zero-order chi connectivity index (χ0) is 27.0. The van der Waals surface area contributed by atoms with E-state index in [1.807, 2.05) is 0 Å². The minimum absolute atomic E-state index is 0.0658. The molecule has 0 aliphatic heterocycles. The molecule has 3 aromatic carbocycles. The van der Waals surface area contributed by atoms with E-state index in [-0.39, 0.29) is 34.1 Å². The molecule has 0 atom stereocenters. The van der Waals surface area contributed by atoms with E-state index in [1.165, 1.54) is 18.2 Å². The number of nitrogens with zero attached hydrogens (tertiary/aromatic N) is 2. The van der Waals surface area contributed by atoms with Crippen LogP contribution in [0, 0.1) is 0 Å². The molecule has 5 rings (SSSR count). The third-order valence-corrected chi connectivity index (χ3v) is 6.52. The van der Waals surface area contributed by atoms with Crippen molar-refractivity contribution in [3.8, 4) is 17.2 Å². The number of ketones is 1. The fourth-order valence-corrected chi connectivity index (χ4v) is 4.78. The number of benzene rings is 3. The molecule has 2 aromatic heterocycles. The zero-order valence-electron chi connectivity index (χ0n) is 19.9. The Balaban J connectivity index is 1.73. The molecule has 0 saturated carbocycles. The number of carbonyl (C=O) groups excluding carboxylic acids is 1. The Morgan fingerprint density at radius 1 is 1.05 bits per heavy atom. The monoisotopic (exact) mass is 558 g/mol. The van der Waals surface area contributed by atoms with Crippen molar-refractivity contribution in [3.05, 3.63) is 106 Å². The van der Waals surface area contributed by atoms with E-state index in [9.17, 15) is 18.0 Å². The molecule has 0 spiro atoms. The second-order valence-corrected chi connectivity index (χ2v) is 9.22. The molecule has 0 fully saturated rings. The van der Waals surface area contributed by atoms with Crippen LogP contribution in [0.3, 0.4) is 0 Å². The molecular weight excluding hydrogens is 540 g/mol.